The second-order valence-electron chi connectivity index (χ2n) is 4.09. The predicted octanol–water partition coefficient (Wildman–Crippen LogP) is 2.48. The van der Waals surface area contributed by atoms with Crippen LogP contribution in [-0.2, 0) is 13.5 Å². The van der Waals surface area contributed by atoms with Crippen LogP contribution in [0.15, 0.2) is 0 Å². The van der Waals surface area contributed by atoms with Crippen molar-refractivity contribution in [1.29, 1.82) is 0 Å². The van der Waals surface area contributed by atoms with Gasteiger partial charge in [-0.15, -0.1) is 0 Å². The standard InChI is InChI=1S/C11H19ClN2O/c1-5-11(15,6-2)7-9-8(3)13-14(4)10(9)12/h15H,5-7H2,1-4H3. The van der Waals surface area contributed by atoms with Crippen LogP contribution in [0, 0.1) is 6.92 Å². The zero-order chi connectivity index (χ0) is 11.6. The fraction of sp³-hybridized carbons (Fsp3) is 0.727. The number of nitrogens with zero attached hydrogens (tertiary/aromatic N) is 2. The summed E-state index contributed by atoms with van der Waals surface area (Å²) in [5.41, 5.74) is 1.21. The maximum absolute atomic E-state index is 10.2. The summed E-state index contributed by atoms with van der Waals surface area (Å²) in [4.78, 5) is 0. The van der Waals surface area contributed by atoms with Crippen molar-refractivity contribution in [3.63, 3.8) is 0 Å². The molecule has 0 saturated carbocycles. The number of aliphatic hydroxyl groups is 1. The van der Waals surface area contributed by atoms with E-state index in [9.17, 15) is 5.11 Å². The fourth-order valence-electron chi connectivity index (χ4n) is 1.70. The summed E-state index contributed by atoms with van der Waals surface area (Å²) in [6, 6.07) is 0. The number of aromatic nitrogens is 2. The third-order valence-electron chi connectivity index (χ3n) is 3.09. The smallest absolute Gasteiger partial charge is 0.130 e. The lowest BCUT2D eigenvalue weighted by molar-refractivity contribution is 0.0325. The molecule has 0 aromatic carbocycles. The zero-order valence-corrected chi connectivity index (χ0v) is 10.6. The van der Waals surface area contributed by atoms with E-state index in [4.69, 9.17) is 11.6 Å². The Hall–Kier alpha value is -0.540. The number of halogens is 1. The molecule has 1 N–H and O–H groups in total. The van der Waals surface area contributed by atoms with Gasteiger partial charge in [0.05, 0.1) is 11.3 Å². The summed E-state index contributed by atoms with van der Waals surface area (Å²) in [7, 11) is 1.82. The van der Waals surface area contributed by atoms with Gasteiger partial charge in [0.25, 0.3) is 0 Å². The molecule has 86 valence electrons. The minimum atomic E-state index is -0.655. The second-order valence-corrected chi connectivity index (χ2v) is 4.44. The minimum Gasteiger partial charge on any atom is -0.390 e. The molecule has 0 aliphatic heterocycles. The number of hydrogen-bond acceptors (Lipinski definition) is 2. The van der Waals surface area contributed by atoms with Gasteiger partial charge in [-0.2, -0.15) is 5.10 Å². The molecule has 1 aromatic rings. The van der Waals surface area contributed by atoms with E-state index in [1.165, 1.54) is 0 Å². The van der Waals surface area contributed by atoms with Gasteiger partial charge in [-0.25, -0.2) is 0 Å². The number of rotatable bonds is 4. The summed E-state index contributed by atoms with van der Waals surface area (Å²) in [5.74, 6) is 0. The first kappa shape index (κ1) is 12.5. The van der Waals surface area contributed by atoms with Crippen LogP contribution in [-0.4, -0.2) is 20.5 Å². The van der Waals surface area contributed by atoms with Gasteiger partial charge in [0.2, 0.25) is 0 Å². The van der Waals surface area contributed by atoms with Crippen molar-refractivity contribution in [2.45, 2.75) is 45.6 Å². The molecule has 0 bridgehead atoms. The molecule has 0 saturated heterocycles. The quantitative estimate of drug-likeness (QED) is 0.863. The highest BCUT2D eigenvalue weighted by molar-refractivity contribution is 6.30. The van der Waals surface area contributed by atoms with E-state index >= 15 is 0 Å². The lowest BCUT2D eigenvalue weighted by Gasteiger charge is -2.25. The van der Waals surface area contributed by atoms with Crippen LogP contribution in [0.3, 0.4) is 0 Å². The Labute approximate surface area is 96.1 Å². The zero-order valence-electron chi connectivity index (χ0n) is 9.84. The molecule has 0 unspecified atom stereocenters. The highest BCUT2D eigenvalue weighted by Gasteiger charge is 2.26. The molecule has 0 fully saturated rings. The largest absolute Gasteiger partial charge is 0.390 e. The Morgan fingerprint density at radius 3 is 2.27 bits per heavy atom. The number of aryl methyl sites for hydroxylation is 2. The molecule has 0 aliphatic rings. The molecule has 0 aliphatic carbocycles. The first-order chi connectivity index (χ1) is 6.93. The van der Waals surface area contributed by atoms with Crippen LogP contribution in [0.5, 0.6) is 0 Å². The van der Waals surface area contributed by atoms with Crippen molar-refractivity contribution in [3.8, 4) is 0 Å². The Morgan fingerprint density at radius 1 is 1.40 bits per heavy atom. The maximum atomic E-state index is 10.2. The molecule has 1 aromatic heterocycles. The third-order valence-corrected chi connectivity index (χ3v) is 3.56. The molecule has 3 nitrogen and oxygen atoms in total. The highest BCUT2D eigenvalue weighted by atomic mass is 35.5. The van der Waals surface area contributed by atoms with Crippen molar-refractivity contribution in [3.05, 3.63) is 16.4 Å². The summed E-state index contributed by atoms with van der Waals surface area (Å²) < 4.78 is 1.65. The summed E-state index contributed by atoms with van der Waals surface area (Å²) in [6.07, 6.45) is 2.04. The van der Waals surface area contributed by atoms with Crippen LogP contribution in [0.1, 0.15) is 37.9 Å². The normalized spacial score (nSPS) is 12.1. The van der Waals surface area contributed by atoms with E-state index in [0.29, 0.717) is 11.6 Å². The van der Waals surface area contributed by atoms with E-state index in [-0.39, 0.29) is 0 Å². The van der Waals surface area contributed by atoms with Gasteiger partial charge >= 0.3 is 0 Å². The molecular weight excluding hydrogens is 212 g/mol. The van der Waals surface area contributed by atoms with Gasteiger partial charge in [-0.1, -0.05) is 25.4 Å². The molecule has 1 rings (SSSR count). The van der Waals surface area contributed by atoms with Gasteiger partial charge in [-0.05, 0) is 19.8 Å². The maximum Gasteiger partial charge on any atom is 0.130 e. The minimum absolute atomic E-state index is 0.582. The SMILES string of the molecule is CCC(O)(CC)Cc1c(C)nn(C)c1Cl. The average Bonchev–Trinajstić information content (AvgIpc) is 2.45. The van der Waals surface area contributed by atoms with E-state index in [2.05, 4.69) is 5.10 Å². The van der Waals surface area contributed by atoms with Gasteiger partial charge in [0.15, 0.2) is 0 Å². The van der Waals surface area contributed by atoms with Gasteiger partial charge in [0.1, 0.15) is 5.15 Å². The fourth-order valence-corrected chi connectivity index (χ4v) is 1.95. The summed E-state index contributed by atoms with van der Waals surface area (Å²) in [5, 5.41) is 15.1. The number of hydrogen-bond donors (Lipinski definition) is 1. The van der Waals surface area contributed by atoms with Crippen molar-refractivity contribution in [2.75, 3.05) is 0 Å². The molecule has 0 spiro atoms. The van der Waals surface area contributed by atoms with Crippen molar-refractivity contribution >= 4 is 11.6 Å². The first-order valence-electron chi connectivity index (χ1n) is 5.34. The third kappa shape index (κ3) is 2.52. The monoisotopic (exact) mass is 230 g/mol. The molecule has 0 amide bonds. The summed E-state index contributed by atoms with van der Waals surface area (Å²) in [6.45, 7) is 5.90. The average molecular weight is 231 g/mol. The molecule has 0 atom stereocenters. The highest BCUT2D eigenvalue weighted by Crippen LogP contribution is 2.27. The Morgan fingerprint density at radius 2 is 1.93 bits per heavy atom. The van der Waals surface area contributed by atoms with Crippen LogP contribution < -0.4 is 0 Å². The molecule has 1 heterocycles. The van der Waals surface area contributed by atoms with Crippen LogP contribution in [0.4, 0.5) is 0 Å². The Bertz CT molecular complexity index is 343. The van der Waals surface area contributed by atoms with Crippen LogP contribution in [0.2, 0.25) is 5.15 Å². The second kappa shape index (κ2) is 4.54. The van der Waals surface area contributed by atoms with Crippen molar-refractivity contribution in [1.82, 2.24) is 9.78 Å². The Kier molecular flexibility index (Phi) is 3.79. The molecule has 15 heavy (non-hydrogen) atoms. The van der Waals surface area contributed by atoms with E-state index in [1.54, 1.807) is 4.68 Å². The lowest BCUT2D eigenvalue weighted by Crippen LogP contribution is -2.29. The predicted molar refractivity (Wildman–Crippen MR) is 62.2 cm³/mol. The lowest BCUT2D eigenvalue weighted by atomic mass is 9.90. The van der Waals surface area contributed by atoms with E-state index < -0.39 is 5.60 Å². The van der Waals surface area contributed by atoms with Gasteiger partial charge in [-0.3, -0.25) is 4.68 Å². The van der Waals surface area contributed by atoms with Crippen molar-refractivity contribution < 1.29 is 5.11 Å². The first-order valence-corrected chi connectivity index (χ1v) is 5.71. The van der Waals surface area contributed by atoms with Crippen LogP contribution >= 0.6 is 11.6 Å². The Balaban J connectivity index is 2.98. The summed E-state index contributed by atoms with van der Waals surface area (Å²) >= 11 is 6.12. The molecular formula is C11H19ClN2O. The molecule has 0 radical (unpaired) electrons. The van der Waals surface area contributed by atoms with Crippen LogP contribution in [0.25, 0.3) is 0 Å². The van der Waals surface area contributed by atoms with Gasteiger partial charge in [0, 0.05) is 19.0 Å². The van der Waals surface area contributed by atoms with E-state index in [1.807, 2.05) is 27.8 Å². The van der Waals surface area contributed by atoms with Crippen molar-refractivity contribution in [2.24, 2.45) is 7.05 Å². The topological polar surface area (TPSA) is 38.1 Å². The molecule has 4 heteroatoms. The van der Waals surface area contributed by atoms with E-state index in [0.717, 1.165) is 24.1 Å². The van der Waals surface area contributed by atoms with Gasteiger partial charge < -0.3 is 5.11 Å².